The van der Waals surface area contributed by atoms with Gasteiger partial charge in [0.2, 0.25) is 53.2 Å². The van der Waals surface area contributed by atoms with Crippen LogP contribution in [0.1, 0.15) is 200 Å². The van der Waals surface area contributed by atoms with Crippen LogP contribution in [0.5, 0.6) is 5.75 Å². The first-order valence-electron chi connectivity index (χ1n) is 39.1. The summed E-state index contributed by atoms with van der Waals surface area (Å²) in [4.78, 5) is 170. The Morgan fingerprint density at radius 1 is 0.282 bits per heavy atom. The Bertz CT molecular complexity index is 3220. The Labute approximate surface area is 646 Å². The van der Waals surface area contributed by atoms with Crippen molar-refractivity contribution < 1.29 is 67.7 Å². The Kier molecular flexibility index (Phi) is 49.2. The molecule has 0 radical (unpaired) electrons. The van der Waals surface area contributed by atoms with E-state index < -0.39 is 120 Å². The largest absolute Gasteiger partial charge is 0.508 e. The summed E-state index contributed by atoms with van der Waals surface area (Å²) in [6, 6.07) is 9.72. The van der Waals surface area contributed by atoms with Crippen LogP contribution in [0.2, 0.25) is 0 Å². The highest BCUT2D eigenvalue weighted by atomic mass is 16.4. The van der Waals surface area contributed by atoms with Gasteiger partial charge in [-0.2, -0.15) is 0 Å². The Hall–Kier alpha value is -9.22. The SMILES string of the molecule is NCCCC[C@H](NC(=O)[C@H](CCCCNC(=O)c1ccccc1)NC(=O)[C@H](CCCCNC(=O)c1ccccc1)NC(=O)[C@H](CCCCN)NC(=O)[C@H](CCCCN)NC(=O)[C@H](CCCCN)NC(=O)[C@H](CCCCN)NC(=O)[C@H](CCCCN)NC(=O)[C@@H](N)CCCCN)C(=O)N[C@@H](Cc1ccc(O)cc1)C(=O)O. The number of phenolic OH excluding ortho intramolecular Hbond substituents is 1. The van der Waals surface area contributed by atoms with Gasteiger partial charge in [-0.15, -0.1) is 0 Å². The standard InChI is InChI=1S/C77H127N19O14/c78-42-16-7-29-56(85)68(100)88-57(30-8-17-43-79)69(101)89-58(31-9-18-44-80)70(102)90-59(32-10-19-45-81)71(103)91-60(33-11-20-46-82)72(104)92-61(34-12-21-47-83)73(105)94-64(37-15-24-50-87-67(99)54-27-5-2-6-28-54)75(107)95-63(36-14-23-49-86-66(98)53-25-3-1-4-26-53)74(106)93-62(35-13-22-48-84)76(108)96-65(77(109)110)51-52-38-40-55(97)41-39-52/h1-6,25-28,38-41,56-65,97H,7-24,29-37,42-51,78-85H2,(H,86,98)(H,87,99)(H,88,100)(H,89,101)(H,90,102)(H,91,103)(H,92,104)(H,93,106)(H,94,105)(H,95,107)(H,96,108)(H,109,110)/t56-,57-,58-,59-,60-,61-,62-,63-,64-,65-/m0/s1. The zero-order valence-corrected chi connectivity index (χ0v) is 63.9. The zero-order valence-electron chi connectivity index (χ0n) is 63.9. The summed E-state index contributed by atoms with van der Waals surface area (Å²) in [5, 5.41) is 50.7. The number of hydrogen-bond donors (Lipinski definition) is 21. The van der Waals surface area contributed by atoms with Crippen molar-refractivity contribution >= 4 is 70.9 Å². The van der Waals surface area contributed by atoms with Crippen LogP contribution in [0.3, 0.4) is 0 Å². The van der Waals surface area contributed by atoms with E-state index in [1.165, 1.54) is 24.3 Å². The maximum absolute atomic E-state index is 15.1. The van der Waals surface area contributed by atoms with Crippen molar-refractivity contribution in [2.45, 2.75) is 240 Å². The van der Waals surface area contributed by atoms with Gasteiger partial charge < -0.3 is 115 Å². The molecule has 0 spiro atoms. The minimum Gasteiger partial charge on any atom is -0.508 e. The van der Waals surface area contributed by atoms with Crippen molar-refractivity contribution in [1.82, 2.24) is 58.5 Å². The van der Waals surface area contributed by atoms with E-state index in [0.717, 1.165) is 0 Å². The third kappa shape index (κ3) is 38.9. The number of carboxylic acids is 1. The van der Waals surface area contributed by atoms with Crippen molar-refractivity contribution in [2.75, 3.05) is 58.9 Å². The van der Waals surface area contributed by atoms with Gasteiger partial charge in [0, 0.05) is 30.6 Å². The van der Waals surface area contributed by atoms with Gasteiger partial charge in [0.15, 0.2) is 0 Å². The summed E-state index contributed by atoms with van der Waals surface area (Å²) < 4.78 is 0. The van der Waals surface area contributed by atoms with Gasteiger partial charge in [0.1, 0.15) is 60.1 Å². The van der Waals surface area contributed by atoms with Crippen LogP contribution >= 0.6 is 0 Å². The number of rotatable bonds is 61. The van der Waals surface area contributed by atoms with Crippen molar-refractivity contribution in [3.05, 3.63) is 102 Å². The first kappa shape index (κ1) is 95.0. The molecule has 29 N–H and O–H groups in total. The van der Waals surface area contributed by atoms with Gasteiger partial charge in [-0.1, -0.05) is 55.0 Å². The number of carbonyl (C=O) groups excluding carboxylic acids is 11. The molecule has 110 heavy (non-hydrogen) atoms. The number of aromatic hydroxyl groups is 1. The fourth-order valence-corrected chi connectivity index (χ4v) is 12.0. The number of carboxylic acid groups (broad SMARTS) is 1. The van der Waals surface area contributed by atoms with E-state index in [1.807, 2.05) is 0 Å². The van der Waals surface area contributed by atoms with Gasteiger partial charge in [-0.25, -0.2) is 4.79 Å². The average molecular weight is 1540 g/mol. The Morgan fingerprint density at radius 3 is 0.755 bits per heavy atom. The van der Waals surface area contributed by atoms with E-state index in [-0.39, 0.29) is 140 Å². The molecule has 0 aliphatic rings. The molecule has 0 bridgehead atoms. The third-order valence-corrected chi connectivity index (χ3v) is 18.5. The van der Waals surface area contributed by atoms with Crippen LogP contribution in [-0.4, -0.2) is 200 Å². The molecule has 10 atom stereocenters. The lowest BCUT2D eigenvalue weighted by Crippen LogP contribution is -2.60. The molecule has 33 heteroatoms. The highest BCUT2D eigenvalue weighted by Gasteiger charge is 2.36. The molecule has 0 aliphatic heterocycles. The minimum absolute atomic E-state index is 0.000906. The van der Waals surface area contributed by atoms with Crippen LogP contribution < -0.4 is 104 Å². The summed E-state index contributed by atoms with van der Waals surface area (Å²) in [7, 11) is 0. The number of nitrogens with one attached hydrogen (secondary N) is 11. The number of aliphatic carboxylic acids is 1. The molecule has 0 fully saturated rings. The summed E-state index contributed by atoms with van der Waals surface area (Å²) >= 11 is 0. The molecule has 3 rings (SSSR count). The molecule has 3 aromatic rings. The van der Waals surface area contributed by atoms with E-state index in [0.29, 0.717) is 133 Å². The number of amides is 11. The number of hydrogen-bond acceptors (Lipinski definition) is 21. The highest BCUT2D eigenvalue weighted by molar-refractivity contribution is 5.99. The molecule has 0 aliphatic carbocycles. The lowest BCUT2D eigenvalue weighted by atomic mass is 10.0. The van der Waals surface area contributed by atoms with Crippen molar-refractivity contribution in [2.24, 2.45) is 45.9 Å². The molecule has 0 saturated heterocycles. The second-order valence-corrected chi connectivity index (χ2v) is 27.6. The molecule has 0 heterocycles. The van der Waals surface area contributed by atoms with E-state index in [9.17, 15) is 58.2 Å². The molecule has 0 unspecified atom stereocenters. The molecule has 11 amide bonds. The minimum atomic E-state index is -1.48. The van der Waals surface area contributed by atoms with Crippen LogP contribution in [0, 0.1) is 0 Å². The highest BCUT2D eigenvalue weighted by Crippen LogP contribution is 2.17. The zero-order chi connectivity index (χ0) is 80.9. The second-order valence-electron chi connectivity index (χ2n) is 27.6. The molecule has 3 aromatic carbocycles. The van der Waals surface area contributed by atoms with Crippen LogP contribution in [-0.2, 0) is 54.4 Å². The maximum atomic E-state index is 15.1. The fraction of sp³-hybridized carbons (Fsp3) is 0.610. The van der Waals surface area contributed by atoms with E-state index in [2.05, 4.69) is 58.5 Å². The molecule has 0 saturated carbocycles. The Morgan fingerprint density at radius 2 is 0.509 bits per heavy atom. The molecule has 614 valence electrons. The summed E-state index contributed by atoms with van der Waals surface area (Å²) in [6.07, 6.45) is 7.31. The third-order valence-electron chi connectivity index (χ3n) is 18.5. The molecule has 0 aromatic heterocycles. The monoisotopic (exact) mass is 1540 g/mol. The average Bonchev–Trinajstić information content (AvgIpc) is 0.860. The van der Waals surface area contributed by atoms with Crippen LogP contribution in [0.4, 0.5) is 0 Å². The van der Waals surface area contributed by atoms with Gasteiger partial charge in [-0.3, -0.25) is 52.7 Å². The molecular formula is C77H127N19O14. The number of nitrogens with two attached hydrogens (primary N) is 8. The van der Waals surface area contributed by atoms with Crippen molar-refractivity contribution in [3.8, 4) is 5.75 Å². The molecular weight excluding hydrogens is 1410 g/mol. The molecule has 33 nitrogen and oxygen atoms in total. The van der Waals surface area contributed by atoms with Crippen LogP contribution in [0.15, 0.2) is 84.9 Å². The van der Waals surface area contributed by atoms with Crippen LogP contribution in [0.25, 0.3) is 0 Å². The predicted octanol–water partition coefficient (Wildman–Crippen LogP) is -0.187. The summed E-state index contributed by atoms with van der Waals surface area (Å²) in [5.41, 5.74) is 48.4. The number of benzene rings is 3. The van der Waals surface area contributed by atoms with E-state index in [1.54, 1.807) is 60.7 Å². The normalized spacial score (nSPS) is 13.9. The van der Waals surface area contributed by atoms with Gasteiger partial charge in [0.05, 0.1) is 6.04 Å². The summed E-state index contributed by atoms with van der Waals surface area (Å²) in [5.74, 6) is -9.07. The first-order valence-corrected chi connectivity index (χ1v) is 39.1. The van der Waals surface area contributed by atoms with Gasteiger partial charge in [0.25, 0.3) is 11.8 Å². The number of carbonyl (C=O) groups is 12. The second kappa shape index (κ2) is 56.9. The number of unbranched alkanes of at least 4 members (excludes halogenated alkanes) is 9. The lowest BCUT2D eigenvalue weighted by Gasteiger charge is -2.28. The van der Waals surface area contributed by atoms with E-state index in [4.69, 9.17) is 45.9 Å². The lowest BCUT2D eigenvalue weighted by molar-refractivity contribution is -0.142. The topological polar surface area (TPSA) is 586 Å². The van der Waals surface area contributed by atoms with Crippen molar-refractivity contribution in [3.63, 3.8) is 0 Å². The predicted molar refractivity (Wildman–Crippen MR) is 420 cm³/mol. The van der Waals surface area contributed by atoms with Crippen molar-refractivity contribution in [1.29, 1.82) is 0 Å². The fourth-order valence-electron chi connectivity index (χ4n) is 12.0. The summed E-state index contributed by atoms with van der Waals surface area (Å²) in [6.45, 7) is 2.23. The van der Waals surface area contributed by atoms with E-state index >= 15 is 9.59 Å². The van der Waals surface area contributed by atoms with Gasteiger partial charge >= 0.3 is 5.97 Å². The first-order chi connectivity index (χ1) is 53.0. The Balaban J connectivity index is 2.08. The number of phenols is 1. The van der Waals surface area contributed by atoms with Gasteiger partial charge in [-0.05, 0) is 255 Å². The quantitative estimate of drug-likeness (QED) is 0.0326. The smallest absolute Gasteiger partial charge is 0.326 e. The maximum Gasteiger partial charge on any atom is 0.326 e.